The first-order chi connectivity index (χ1) is 19.0. The van der Waals surface area contributed by atoms with Crippen LogP contribution in [0.15, 0.2) is 89.3 Å². The summed E-state index contributed by atoms with van der Waals surface area (Å²) in [6, 6.07) is 20.3. The van der Waals surface area contributed by atoms with Gasteiger partial charge >= 0.3 is 5.97 Å². The SMILES string of the molecule is C=CCc1cc(C=Nn2c(-c3ccccc3)nc3ccccc3c2=O)cc(OCC)c1O[C@@H](C)C(=O)OCC. The zero-order chi connectivity index (χ0) is 27.8. The maximum atomic E-state index is 13.5. The lowest BCUT2D eigenvalue weighted by Crippen LogP contribution is -2.26. The van der Waals surface area contributed by atoms with E-state index in [1.54, 1.807) is 44.3 Å². The lowest BCUT2D eigenvalue weighted by Gasteiger charge is -2.20. The van der Waals surface area contributed by atoms with Crippen LogP contribution in [0.1, 0.15) is 31.9 Å². The van der Waals surface area contributed by atoms with E-state index >= 15 is 0 Å². The molecular weight excluding hydrogens is 494 g/mol. The van der Waals surface area contributed by atoms with E-state index in [0.717, 1.165) is 11.1 Å². The number of nitrogens with zero attached hydrogens (tertiary/aromatic N) is 3. The average molecular weight is 526 g/mol. The molecule has 0 aliphatic carbocycles. The maximum Gasteiger partial charge on any atom is 0.347 e. The van der Waals surface area contributed by atoms with Crippen LogP contribution in [0.5, 0.6) is 11.5 Å². The minimum atomic E-state index is -0.831. The summed E-state index contributed by atoms with van der Waals surface area (Å²) in [5.41, 5.74) is 2.50. The van der Waals surface area contributed by atoms with Gasteiger partial charge in [0.2, 0.25) is 0 Å². The molecule has 0 N–H and O–H groups in total. The lowest BCUT2D eigenvalue weighted by atomic mass is 10.1. The Labute approximate surface area is 227 Å². The Kier molecular flexibility index (Phi) is 8.89. The third-order valence-corrected chi connectivity index (χ3v) is 5.84. The first kappa shape index (κ1) is 27.3. The van der Waals surface area contributed by atoms with Crippen molar-refractivity contribution in [2.24, 2.45) is 5.10 Å². The largest absolute Gasteiger partial charge is 0.490 e. The molecule has 200 valence electrons. The fraction of sp³-hybridized carbons (Fsp3) is 0.226. The number of aromatic nitrogens is 2. The number of esters is 1. The summed E-state index contributed by atoms with van der Waals surface area (Å²) >= 11 is 0. The van der Waals surface area contributed by atoms with Gasteiger partial charge in [-0.2, -0.15) is 9.78 Å². The van der Waals surface area contributed by atoms with Crippen LogP contribution in [-0.2, 0) is 16.0 Å². The first-order valence-corrected chi connectivity index (χ1v) is 12.8. The second kappa shape index (κ2) is 12.7. The van der Waals surface area contributed by atoms with E-state index in [9.17, 15) is 9.59 Å². The Balaban J connectivity index is 1.82. The van der Waals surface area contributed by atoms with Gasteiger partial charge in [-0.25, -0.2) is 9.78 Å². The standard InChI is InChI=1S/C31H31N3O5/c1-5-13-24-18-22(19-27(37-6-2)28(24)39-21(4)31(36)38-7-3)20-32-34-29(23-14-9-8-10-15-23)33-26-17-12-11-16-25(26)30(34)35/h5,8-12,14-21H,1,6-7,13H2,2-4H3/t21-/m0/s1. The highest BCUT2D eigenvalue weighted by atomic mass is 16.6. The van der Waals surface area contributed by atoms with Crippen molar-refractivity contribution in [1.29, 1.82) is 0 Å². The molecule has 0 bridgehead atoms. The van der Waals surface area contributed by atoms with Crippen LogP contribution >= 0.6 is 0 Å². The second-order valence-corrected chi connectivity index (χ2v) is 8.63. The van der Waals surface area contributed by atoms with Gasteiger partial charge in [-0.05, 0) is 57.0 Å². The maximum absolute atomic E-state index is 13.5. The van der Waals surface area contributed by atoms with Crippen molar-refractivity contribution in [2.45, 2.75) is 33.3 Å². The van der Waals surface area contributed by atoms with Crippen LogP contribution in [-0.4, -0.2) is 41.2 Å². The number of para-hydroxylation sites is 1. The number of fused-ring (bicyclic) bond motifs is 1. The molecule has 4 aromatic rings. The van der Waals surface area contributed by atoms with Crippen molar-refractivity contribution in [1.82, 2.24) is 9.66 Å². The molecule has 4 rings (SSSR count). The normalized spacial score (nSPS) is 11.9. The summed E-state index contributed by atoms with van der Waals surface area (Å²) in [4.78, 5) is 30.4. The van der Waals surface area contributed by atoms with Crippen molar-refractivity contribution < 1.29 is 19.0 Å². The molecule has 0 saturated heterocycles. The van der Waals surface area contributed by atoms with Gasteiger partial charge in [0, 0.05) is 11.1 Å². The average Bonchev–Trinajstić information content (AvgIpc) is 2.95. The van der Waals surface area contributed by atoms with E-state index in [2.05, 4.69) is 11.7 Å². The fourth-order valence-electron chi connectivity index (χ4n) is 4.08. The fourth-order valence-corrected chi connectivity index (χ4v) is 4.08. The number of hydrogen-bond acceptors (Lipinski definition) is 7. The van der Waals surface area contributed by atoms with Crippen LogP contribution in [0.2, 0.25) is 0 Å². The zero-order valence-corrected chi connectivity index (χ0v) is 22.3. The van der Waals surface area contributed by atoms with Gasteiger partial charge in [-0.15, -0.1) is 6.58 Å². The number of hydrogen-bond donors (Lipinski definition) is 0. The van der Waals surface area contributed by atoms with Crippen molar-refractivity contribution in [3.05, 3.63) is 101 Å². The molecule has 8 heteroatoms. The molecule has 1 atom stereocenters. The summed E-state index contributed by atoms with van der Waals surface area (Å²) < 4.78 is 18.3. The Morgan fingerprint density at radius 3 is 2.54 bits per heavy atom. The van der Waals surface area contributed by atoms with Crippen molar-refractivity contribution in [3.8, 4) is 22.9 Å². The molecule has 0 saturated carbocycles. The van der Waals surface area contributed by atoms with Crippen molar-refractivity contribution in [2.75, 3.05) is 13.2 Å². The summed E-state index contributed by atoms with van der Waals surface area (Å²) in [5.74, 6) is 0.840. The number of benzene rings is 3. The zero-order valence-electron chi connectivity index (χ0n) is 22.3. The Bertz CT molecular complexity index is 1560. The number of allylic oxidation sites excluding steroid dienone is 1. The minimum Gasteiger partial charge on any atom is -0.490 e. The molecule has 0 unspecified atom stereocenters. The van der Waals surface area contributed by atoms with Gasteiger partial charge in [-0.1, -0.05) is 48.5 Å². The number of carbonyl (C=O) groups excluding carboxylic acids is 1. The van der Waals surface area contributed by atoms with E-state index in [1.807, 2.05) is 55.5 Å². The predicted octanol–water partition coefficient (Wildman–Crippen LogP) is 5.40. The van der Waals surface area contributed by atoms with Gasteiger partial charge < -0.3 is 14.2 Å². The van der Waals surface area contributed by atoms with Crippen LogP contribution in [0.3, 0.4) is 0 Å². The topological polar surface area (TPSA) is 92.0 Å². The molecule has 0 amide bonds. The molecule has 0 aliphatic heterocycles. The summed E-state index contributed by atoms with van der Waals surface area (Å²) in [6.45, 7) is 9.72. The summed E-state index contributed by atoms with van der Waals surface area (Å²) in [7, 11) is 0. The lowest BCUT2D eigenvalue weighted by molar-refractivity contribution is -0.150. The third-order valence-electron chi connectivity index (χ3n) is 5.84. The van der Waals surface area contributed by atoms with Gasteiger partial charge in [0.1, 0.15) is 0 Å². The number of rotatable bonds is 11. The number of carbonyl (C=O) groups is 1. The van der Waals surface area contributed by atoms with E-state index in [-0.39, 0.29) is 12.2 Å². The monoisotopic (exact) mass is 525 g/mol. The Hall–Kier alpha value is -4.72. The van der Waals surface area contributed by atoms with Crippen LogP contribution < -0.4 is 15.0 Å². The molecule has 0 radical (unpaired) electrons. The molecule has 0 aliphatic rings. The first-order valence-electron chi connectivity index (χ1n) is 12.8. The molecule has 8 nitrogen and oxygen atoms in total. The second-order valence-electron chi connectivity index (χ2n) is 8.63. The van der Waals surface area contributed by atoms with Gasteiger partial charge in [-0.3, -0.25) is 4.79 Å². The molecular formula is C31H31N3O5. The minimum absolute atomic E-state index is 0.258. The quantitative estimate of drug-likeness (QED) is 0.148. The molecule has 0 spiro atoms. The highest BCUT2D eigenvalue weighted by molar-refractivity contribution is 5.83. The van der Waals surface area contributed by atoms with E-state index in [1.165, 1.54) is 4.68 Å². The highest BCUT2D eigenvalue weighted by Crippen LogP contribution is 2.34. The predicted molar refractivity (Wildman–Crippen MR) is 153 cm³/mol. The van der Waals surface area contributed by atoms with Gasteiger partial charge in [0.25, 0.3) is 5.56 Å². The van der Waals surface area contributed by atoms with E-state index in [4.69, 9.17) is 19.2 Å². The van der Waals surface area contributed by atoms with E-state index in [0.29, 0.717) is 46.8 Å². The smallest absolute Gasteiger partial charge is 0.347 e. The third kappa shape index (κ3) is 6.23. The Morgan fingerprint density at radius 2 is 1.82 bits per heavy atom. The van der Waals surface area contributed by atoms with Crippen molar-refractivity contribution in [3.63, 3.8) is 0 Å². The summed E-state index contributed by atoms with van der Waals surface area (Å²) in [6.07, 6.45) is 2.94. The van der Waals surface area contributed by atoms with Crippen LogP contribution in [0.4, 0.5) is 0 Å². The highest BCUT2D eigenvalue weighted by Gasteiger charge is 2.21. The summed E-state index contributed by atoms with van der Waals surface area (Å²) in [5, 5.41) is 5.03. The molecule has 0 fully saturated rings. The van der Waals surface area contributed by atoms with Crippen molar-refractivity contribution >= 4 is 23.1 Å². The van der Waals surface area contributed by atoms with Crippen LogP contribution in [0.25, 0.3) is 22.3 Å². The van der Waals surface area contributed by atoms with Gasteiger partial charge in [0.15, 0.2) is 23.4 Å². The van der Waals surface area contributed by atoms with Gasteiger partial charge in [0.05, 0.1) is 30.3 Å². The molecule has 1 heterocycles. The Morgan fingerprint density at radius 1 is 1.08 bits per heavy atom. The molecule has 1 aromatic heterocycles. The van der Waals surface area contributed by atoms with E-state index < -0.39 is 12.1 Å². The molecule has 3 aromatic carbocycles. The number of ether oxygens (including phenoxy) is 3. The molecule has 39 heavy (non-hydrogen) atoms. The van der Waals surface area contributed by atoms with Crippen LogP contribution in [0, 0.1) is 0 Å².